The Morgan fingerprint density at radius 2 is 2.04 bits per heavy atom. The molecule has 0 unspecified atom stereocenters. The first-order valence-corrected chi connectivity index (χ1v) is 9.61. The molecule has 1 N–H and O–H groups in total. The Kier molecular flexibility index (Phi) is 4.35. The molecular formula is C21H20BrFN2O. The number of amides is 1. The summed E-state index contributed by atoms with van der Waals surface area (Å²) in [5, 5.41) is 1.13. The maximum Gasteiger partial charge on any atom is 0.270 e. The van der Waals surface area contributed by atoms with Gasteiger partial charge in [0.05, 0.1) is 0 Å². The summed E-state index contributed by atoms with van der Waals surface area (Å²) in [6, 6.07) is 11.3. The average molecular weight is 415 g/mol. The third kappa shape index (κ3) is 2.94. The van der Waals surface area contributed by atoms with Crippen LogP contribution >= 0.6 is 15.9 Å². The minimum absolute atomic E-state index is 0.0594. The molecule has 0 saturated heterocycles. The number of rotatable bonds is 3. The minimum atomic E-state index is -0.295. The van der Waals surface area contributed by atoms with E-state index in [0.717, 1.165) is 22.9 Å². The Bertz CT molecular complexity index is 1010. The topological polar surface area (TPSA) is 36.1 Å². The van der Waals surface area contributed by atoms with E-state index in [0.29, 0.717) is 28.2 Å². The molecule has 0 fully saturated rings. The summed E-state index contributed by atoms with van der Waals surface area (Å²) in [4.78, 5) is 17.9. The van der Waals surface area contributed by atoms with Crippen LogP contribution in [0.25, 0.3) is 10.9 Å². The van der Waals surface area contributed by atoms with E-state index in [1.165, 1.54) is 11.6 Å². The summed E-state index contributed by atoms with van der Waals surface area (Å²) in [5.41, 5.74) is 4.52. The summed E-state index contributed by atoms with van der Waals surface area (Å²) in [6.45, 7) is 5.21. The smallest absolute Gasteiger partial charge is 0.270 e. The molecule has 2 heterocycles. The molecule has 4 rings (SSSR count). The standard InChI is InChI=1S/C21H20BrFN2O/c1-12(2)13-4-6-19-17(9-13)16-7-8-25(21(26)20(16)24-19)11-14-3-5-15(22)10-18(14)23/h3-6,9-10,12,24H,7-8,11H2,1-2H3. The highest BCUT2D eigenvalue weighted by Gasteiger charge is 2.28. The fourth-order valence-corrected chi connectivity index (χ4v) is 3.91. The molecule has 3 nitrogen and oxygen atoms in total. The van der Waals surface area contributed by atoms with Gasteiger partial charge in [-0.05, 0) is 47.7 Å². The van der Waals surface area contributed by atoms with Gasteiger partial charge < -0.3 is 9.88 Å². The molecule has 2 aromatic carbocycles. The number of benzene rings is 2. The number of hydrogen-bond acceptors (Lipinski definition) is 1. The van der Waals surface area contributed by atoms with E-state index in [2.05, 4.69) is 53.0 Å². The molecule has 0 spiro atoms. The molecule has 0 bridgehead atoms. The normalized spacial score (nSPS) is 14.3. The van der Waals surface area contributed by atoms with Crippen molar-refractivity contribution < 1.29 is 9.18 Å². The number of H-pyrrole nitrogens is 1. The van der Waals surface area contributed by atoms with Crippen molar-refractivity contribution in [1.29, 1.82) is 0 Å². The van der Waals surface area contributed by atoms with Gasteiger partial charge in [-0.1, -0.05) is 41.9 Å². The summed E-state index contributed by atoms with van der Waals surface area (Å²) < 4.78 is 14.8. The molecular weight excluding hydrogens is 395 g/mol. The van der Waals surface area contributed by atoms with Crippen molar-refractivity contribution >= 4 is 32.7 Å². The van der Waals surface area contributed by atoms with E-state index in [1.54, 1.807) is 17.0 Å². The van der Waals surface area contributed by atoms with Gasteiger partial charge >= 0.3 is 0 Å². The molecule has 134 valence electrons. The first kappa shape index (κ1) is 17.3. The molecule has 1 aromatic heterocycles. The molecule has 1 amide bonds. The molecule has 1 aliphatic rings. The van der Waals surface area contributed by atoms with Crippen molar-refractivity contribution in [2.45, 2.75) is 32.7 Å². The number of aromatic amines is 1. The van der Waals surface area contributed by atoms with Gasteiger partial charge in [-0.15, -0.1) is 0 Å². The second-order valence-corrected chi connectivity index (χ2v) is 8.07. The van der Waals surface area contributed by atoms with Crippen LogP contribution in [0.15, 0.2) is 40.9 Å². The van der Waals surface area contributed by atoms with Crippen LogP contribution in [0.2, 0.25) is 0 Å². The van der Waals surface area contributed by atoms with Crippen molar-refractivity contribution in [1.82, 2.24) is 9.88 Å². The maximum absolute atomic E-state index is 14.1. The van der Waals surface area contributed by atoms with Crippen LogP contribution in [0.4, 0.5) is 4.39 Å². The molecule has 0 aliphatic carbocycles. The molecule has 0 saturated carbocycles. The summed E-state index contributed by atoms with van der Waals surface area (Å²) >= 11 is 3.26. The van der Waals surface area contributed by atoms with Crippen LogP contribution in [0, 0.1) is 5.82 Å². The first-order valence-electron chi connectivity index (χ1n) is 8.81. The SMILES string of the molecule is CC(C)c1ccc2[nH]c3c(c2c1)CCN(Cc1ccc(Br)cc1F)C3=O. The van der Waals surface area contributed by atoms with Gasteiger partial charge in [-0.2, -0.15) is 0 Å². The van der Waals surface area contributed by atoms with E-state index in [4.69, 9.17) is 0 Å². The van der Waals surface area contributed by atoms with Crippen LogP contribution in [-0.2, 0) is 13.0 Å². The predicted molar refractivity (Wildman–Crippen MR) is 105 cm³/mol. The lowest BCUT2D eigenvalue weighted by molar-refractivity contribution is 0.0720. The van der Waals surface area contributed by atoms with Crippen LogP contribution in [0.5, 0.6) is 0 Å². The fourth-order valence-electron chi connectivity index (χ4n) is 3.58. The van der Waals surface area contributed by atoms with Crippen LogP contribution in [0.1, 0.15) is 46.9 Å². The van der Waals surface area contributed by atoms with Crippen LogP contribution < -0.4 is 0 Å². The average Bonchev–Trinajstić information content (AvgIpc) is 2.98. The van der Waals surface area contributed by atoms with E-state index in [-0.39, 0.29) is 18.3 Å². The quantitative estimate of drug-likeness (QED) is 0.612. The van der Waals surface area contributed by atoms with Crippen molar-refractivity contribution in [2.24, 2.45) is 0 Å². The highest BCUT2D eigenvalue weighted by atomic mass is 79.9. The second kappa shape index (κ2) is 6.54. The summed E-state index contributed by atoms with van der Waals surface area (Å²) in [7, 11) is 0. The largest absolute Gasteiger partial charge is 0.350 e. The van der Waals surface area contributed by atoms with Crippen molar-refractivity contribution in [3.05, 3.63) is 69.1 Å². The number of carbonyl (C=O) groups is 1. The number of fused-ring (bicyclic) bond motifs is 3. The Labute approximate surface area is 160 Å². The number of nitrogens with one attached hydrogen (secondary N) is 1. The molecule has 0 radical (unpaired) electrons. The Balaban J connectivity index is 1.67. The summed E-state index contributed by atoms with van der Waals surface area (Å²) in [6.07, 6.45) is 0.779. The highest BCUT2D eigenvalue weighted by Crippen LogP contribution is 2.31. The molecule has 5 heteroatoms. The van der Waals surface area contributed by atoms with Gasteiger partial charge in [-0.25, -0.2) is 4.39 Å². The van der Waals surface area contributed by atoms with E-state index in [1.807, 2.05) is 0 Å². The fraction of sp³-hybridized carbons (Fsp3) is 0.286. The van der Waals surface area contributed by atoms with E-state index < -0.39 is 0 Å². The molecule has 0 atom stereocenters. The van der Waals surface area contributed by atoms with Crippen LogP contribution in [-0.4, -0.2) is 22.3 Å². The number of hydrogen-bond donors (Lipinski definition) is 1. The number of halogens is 2. The lowest BCUT2D eigenvalue weighted by atomic mass is 9.97. The molecule has 26 heavy (non-hydrogen) atoms. The third-order valence-electron chi connectivity index (χ3n) is 5.11. The van der Waals surface area contributed by atoms with Crippen molar-refractivity contribution in [3.63, 3.8) is 0 Å². The zero-order valence-corrected chi connectivity index (χ0v) is 16.4. The third-order valence-corrected chi connectivity index (χ3v) is 5.60. The van der Waals surface area contributed by atoms with Gasteiger partial charge in [-0.3, -0.25) is 4.79 Å². The predicted octanol–water partition coefficient (Wildman–Crippen LogP) is 5.39. The zero-order valence-electron chi connectivity index (χ0n) is 14.8. The van der Waals surface area contributed by atoms with E-state index >= 15 is 0 Å². The lowest BCUT2D eigenvalue weighted by Gasteiger charge is -2.27. The lowest BCUT2D eigenvalue weighted by Crippen LogP contribution is -2.37. The number of aromatic nitrogens is 1. The summed E-state index contributed by atoms with van der Waals surface area (Å²) in [5.74, 6) is 0.0909. The van der Waals surface area contributed by atoms with Crippen LogP contribution in [0.3, 0.4) is 0 Å². The highest BCUT2D eigenvalue weighted by molar-refractivity contribution is 9.10. The number of carbonyl (C=O) groups excluding carboxylic acids is 1. The second-order valence-electron chi connectivity index (χ2n) is 7.15. The first-order chi connectivity index (χ1) is 12.4. The maximum atomic E-state index is 14.1. The monoisotopic (exact) mass is 414 g/mol. The van der Waals surface area contributed by atoms with Crippen molar-refractivity contribution in [3.8, 4) is 0 Å². The van der Waals surface area contributed by atoms with Gasteiger partial charge in [0.1, 0.15) is 11.5 Å². The van der Waals surface area contributed by atoms with Gasteiger partial charge in [0.2, 0.25) is 0 Å². The number of nitrogens with zero attached hydrogens (tertiary/aromatic N) is 1. The molecule has 3 aromatic rings. The Morgan fingerprint density at radius 3 is 2.77 bits per heavy atom. The zero-order chi connectivity index (χ0) is 18.4. The van der Waals surface area contributed by atoms with Crippen molar-refractivity contribution in [2.75, 3.05) is 6.54 Å². The molecule has 1 aliphatic heterocycles. The van der Waals surface area contributed by atoms with E-state index in [9.17, 15) is 9.18 Å². The Hall–Kier alpha value is -2.14. The van der Waals surface area contributed by atoms with Gasteiger partial charge in [0.15, 0.2) is 0 Å². The van der Waals surface area contributed by atoms with Gasteiger partial charge in [0, 0.05) is 34.0 Å². The Morgan fingerprint density at radius 1 is 1.23 bits per heavy atom. The van der Waals surface area contributed by atoms with Gasteiger partial charge in [0.25, 0.3) is 5.91 Å². The minimum Gasteiger partial charge on any atom is -0.350 e.